The van der Waals surface area contributed by atoms with Gasteiger partial charge in [0.15, 0.2) is 0 Å². The Kier molecular flexibility index (Phi) is 5.83. The Bertz CT molecular complexity index is 810. The molecule has 0 heterocycles. The number of benzene rings is 1. The van der Waals surface area contributed by atoms with E-state index in [1.807, 2.05) is 25.1 Å². The third-order valence-corrected chi connectivity index (χ3v) is 6.21. The Balaban J connectivity index is 1.95. The highest BCUT2D eigenvalue weighted by molar-refractivity contribution is 6.30. The van der Waals surface area contributed by atoms with E-state index in [-0.39, 0.29) is 23.0 Å². The number of phenolic OH excluding ortho intramolecular Hbond substituents is 1. The second-order valence-electron chi connectivity index (χ2n) is 7.69. The second kappa shape index (κ2) is 7.96. The van der Waals surface area contributed by atoms with Gasteiger partial charge in [0.2, 0.25) is 5.91 Å². The summed E-state index contributed by atoms with van der Waals surface area (Å²) in [5.41, 5.74) is 1.17. The number of halogens is 1. The van der Waals surface area contributed by atoms with Gasteiger partial charge in [0.25, 0.3) is 0 Å². The molecule has 1 fully saturated rings. The Morgan fingerprint density at radius 2 is 2.26 bits per heavy atom. The van der Waals surface area contributed by atoms with Crippen molar-refractivity contribution in [3.05, 3.63) is 41.5 Å². The number of phenols is 1. The van der Waals surface area contributed by atoms with E-state index in [1.54, 1.807) is 12.1 Å². The van der Waals surface area contributed by atoms with Gasteiger partial charge in [-0.3, -0.25) is 4.79 Å². The first-order chi connectivity index (χ1) is 12.9. The zero-order valence-corrected chi connectivity index (χ0v) is 16.4. The molecule has 0 saturated heterocycles. The fraction of sp³-hybridized carbons (Fsp3) is 0.500. The first-order valence-electron chi connectivity index (χ1n) is 9.54. The normalized spacial score (nSPS) is 29.4. The highest BCUT2D eigenvalue weighted by Crippen LogP contribution is 2.54. The number of hydrogen-bond acceptors (Lipinski definition) is 3. The first kappa shape index (κ1) is 19.8. The standard InChI is InChI=1S/C22H26ClNO3/c1-2-24-20(26)4-3-9-22-11-10-21(27,12-13-23)15-17(22)6-5-16-14-18(25)7-8-19(16)22/h3-4,7-8,14,17,25,27H,2,5-6,9-11,15H2,1H3,(H,24,26)/b4-3+/t17-,21+,22-/m0/s1. The predicted octanol–water partition coefficient (Wildman–Crippen LogP) is 3.39. The number of aryl methyl sites for hydroxylation is 1. The lowest BCUT2D eigenvalue weighted by Crippen LogP contribution is -2.49. The van der Waals surface area contributed by atoms with E-state index < -0.39 is 5.60 Å². The van der Waals surface area contributed by atoms with Crippen molar-refractivity contribution in [2.75, 3.05) is 6.54 Å². The molecule has 0 aromatic heterocycles. The Labute approximate surface area is 165 Å². The molecule has 0 radical (unpaired) electrons. The number of carbonyl (C=O) groups excluding carboxylic acids is 1. The maximum Gasteiger partial charge on any atom is 0.243 e. The zero-order chi connectivity index (χ0) is 19.5. The van der Waals surface area contributed by atoms with Crippen molar-refractivity contribution in [2.24, 2.45) is 5.92 Å². The Hall–Kier alpha value is -1.96. The van der Waals surface area contributed by atoms with Gasteiger partial charge < -0.3 is 15.5 Å². The van der Waals surface area contributed by atoms with Crippen LogP contribution in [0.1, 0.15) is 50.2 Å². The van der Waals surface area contributed by atoms with Gasteiger partial charge in [-0.15, -0.1) is 0 Å². The number of hydrogen-bond donors (Lipinski definition) is 3. The van der Waals surface area contributed by atoms with Gasteiger partial charge in [-0.1, -0.05) is 18.1 Å². The lowest BCUT2D eigenvalue weighted by Gasteiger charge is -2.52. The summed E-state index contributed by atoms with van der Waals surface area (Å²) in [6, 6.07) is 5.59. The van der Waals surface area contributed by atoms with Gasteiger partial charge in [0.1, 0.15) is 11.4 Å². The largest absolute Gasteiger partial charge is 0.508 e. The number of rotatable bonds is 4. The molecule has 1 saturated carbocycles. The van der Waals surface area contributed by atoms with Crippen molar-refractivity contribution in [1.29, 1.82) is 0 Å². The van der Waals surface area contributed by atoms with Crippen LogP contribution in [-0.4, -0.2) is 28.3 Å². The number of nitrogens with one attached hydrogen (secondary N) is 1. The fourth-order valence-corrected chi connectivity index (χ4v) is 5.04. The molecular formula is C22H26ClNO3. The summed E-state index contributed by atoms with van der Waals surface area (Å²) in [6.45, 7) is 2.49. The van der Waals surface area contributed by atoms with E-state index in [4.69, 9.17) is 11.6 Å². The van der Waals surface area contributed by atoms with Gasteiger partial charge in [-0.25, -0.2) is 0 Å². The molecular weight excluding hydrogens is 362 g/mol. The molecule has 0 bridgehead atoms. The summed E-state index contributed by atoms with van der Waals surface area (Å²) in [7, 11) is 0. The van der Waals surface area contributed by atoms with Crippen molar-refractivity contribution in [3.8, 4) is 17.0 Å². The van der Waals surface area contributed by atoms with Crippen molar-refractivity contribution in [1.82, 2.24) is 5.32 Å². The molecule has 1 amide bonds. The van der Waals surface area contributed by atoms with E-state index in [0.29, 0.717) is 19.4 Å². The van der Waals surface area contributed by atoms with Crippen molar-refractivity contribution >= 4 is 17.5 Å². The molecule has 3 N–H and O–H groups in total. The van der Waals surface area contributed by atoms with Gasteiger partial charge in [0.05, 0.1) is 0 Å². The van der Waals surface area contributed by atoms with Gasteiger partial charge in [-0.05, 0) is 92.3 Å². The van der Waals surface area contributed by atoms with E-state index in [0.717, 1.165) is 31.2 Å². The first-order valence-corrected chi connectivity index (χ1v) is 9.92. The lowest BCUT2D eigenvalue weighted by molar-refractivity contribution is -0.116. The number of carbonyl (C=O) groups is 1. The number of amides is 1. The Morgan fingerprint density at radius 3 is 3.00 bits per heavy atom. The maximum absolute atomic E-state index is 11.8. The van der Waals surface area contributed by atoms with E-state index in [9.17, 15) is 15.0 Å². The van der Waals surface area contributed by atoms with Crippen LogP contribution in [0.2, 0.25) is 0 Å². The average Bonchev–Trinajstić information content (AvgIpc) is 2.62. The minimum absolute atomic E-state index is 0.0903. The molecule has 3 atom stereocenters. The van der Waals surface area contributed by atoms with Gasteiger partial charge >= 0.3 is 0 Å². The number of allylic oxidation sites excluding steroid dienone is 1. The van der Waals surface area contributed by atoms with Crippen LogP contribution in [0.3, 0.4) is 0 Å². The van der Waals surface area contributed by atoms with Crippen molar-refractivity contribution in [3.63, 3.8) is 0 Å². The summed E-state index contributed by atoms with van der Waals surface area (Å²) in [5.74, 6) is 3.21. The molecule has 1 aromatic carbocycles. The summed E-state index contributed by atoms with van der Waals surface area (Å²) in [6.07, 6.45) is 7.91. The van der Waals surface area contributed by atoms with E-state index in [1.165, 1.54) is 5.56 Å². The van der Waals surface area contributed by atoms with E-state index in [2.05, 4.69) is 16.6 Å². The van der Waals surface area contributed by atoms with Crippen LogP contribution < -0.4 is 5.32 Å². The number of aromatic hydroxyl groups is 1. The number of aliphatic hydroxyl groups is 1. The van der Waals surface area contributed by atoms with Crippen LogP contribution in [0.5, 0.6) is 5.75 Å². The maximum atomic E-state index is 11.8. The molecule has 3 rings (SSSR count). The molecule has 0 aliphatic heterocycles. The summed E-state index contributed by atoms with van der Waals surface area (Å²) >= 11 is 5.58. The van der Waals surface area contributed by atoms with Gasteiger partial charge in [0, 0.05) is 17.3 Å². The second-order valence-corrected chi connectivity index (χ2v) is 7.88. The van der Waals surface area contributed by atoms with Crippen LogP contribution in [0.4, 0.5) is 0 Å². The molecule has 1 aromatic rings. The molecule has 144 valence electrons. The Morgan fingerprint density at radius 1 is 1.44 bits per heavy atom. The fourth-order valence-electron chi connectivity index (χ4n) is 4.86. The third-order valence-electron chi connectivity index (χ3n) is 6.12. The molecule has 0 unspecified atom stereocenters. The molecule has 5 heteroatoms. The highest BCUT2D eigenvalue weighted by Gasteiger charge is 2.50. The van der Waals surface area contributed by atoms with Crippen LogP contribution in [0.25, 0.3) is 0 Å². The molecule has 2 aliphatic carbocycles. The summed E-state index contributed by atoms with van der Waals surface area (Å²) < 4.78 is 0. The number of likely N-dealkylation sites (N-methyl/N-ethyl adjacent to an activating group) is 1. The van der Waals surface area contributed by atoms with Crippen molar-refractivity contribution in [2.45, 2.75) is 56.5 Å². The smallest absolute Gasteiger partial charge is 0.243 e. The SMILES string of the molecule is CCNC(=O)/C=C/C[C@]12CC[C@@](O)(C#CCl)C[C@@H]1CCc1cc(O)ccc12. The van der Waals surface area contributed by atoms with Crippen LogP contribution in [0, 0.1) is 17.2 Å². The minimum Gasteiger partial charge on any atom is -0.508 e. The third kappa shape index (κ3) is 4.00. The molecule has 27 heavy (non-hydrogen) atoms. The van der Waals surface area contributed by atoms with Gasteiger partial charge in [-0.2, -0.15) is 0 Å². The quantitative estimate of drug-likeness (QED) is 0.548. The van der Waals surface area contributed by atoms with Crippen LogP contribution in [-0.2, 0) is 16.6 Å². The van der Waals surface area contributed by atoms with Crippen LogP contribution in [0.15, 0.2) is 30.4 Å². The van der Waals surface area contributed by atoms with E-state index >= 15 is 0 Å². The van der Waals surface area contributed by atoms with Crippen LogP contribution >= 0.6 is 11.6 Å². The average molecular weight is 388 g/mol. The zero-order valence-electron chi connectivity index (χ0n) is 15.6. The molecule has 4 nitrogen and oxygen atoms in total. The lowest BCUT2D eigenvalue weighted by atomic mass is 9.53. The minimum atomic E-state index is -1.05. The highest BCUT2D eigenvalue weighted by atomic mass is 35.5. The monoisotopic (exact) mass is 387 g/mol. The summed E-state index contributed by atoms with van der Waals surface area (Å²) in [5, 5.41) is 25.8. The molecule has 2 aliphatic rings. The molecule has 0 spiro atoms. The number of fused-ring (bicyclic) bond motifs is 3. The topological polar surface area (TPSA) is 69.6 Å². The van der Waals surface area contributed by atoms with Crippen molar-refractivity contribution < 1.29 is 15.0 Å². The predicted molar refractivity (Wildman–Crippen MR) is 106 cm³/mol. The summed E-state index contributed by atoms with van der Waals surface area (Å²) in [4.78, 5) is 11.8.